The molecule has 0 aliphatic rings. The zero-order valence-corrected chi connectivity index (χ0v) is 13.5. The molecule has 2 heterocycles. The van der Waals surface area contributed by atoms with E-state index in [0.717, 1.165) is 22.6 Å². The third-order valence-electron chi connectivity index (χ3n) is 4.07. The van der Waals surface area contributed by atoms with Crippen LogP contribution in [0.15, 0.2) is 48.7 Å². The van der Waals surface area contributed by atoms with Crippen LogP contribution < -0.4 is 0 Å². The summed E-state index contributed by atoms with van der Waals surface area (Å²) in [6, 6.07) is 14.7. The van der Waals surface area contributed by atoms with Crippen molar-refractivity contribution in [1.29, 1.82) is 0 Å². The quantitative estimate of drug-likeness (QED) is 0.660. The van der Waals surface area contributed by atoms with Gasteiger partial charge in [0, 0.05) is 23.0 Å². The molecule has 1 aromatic carbocycles. The van der Waals surface area contributed by atoms with Gasteiger partial charge in [0.1, 0.15) is 0 Å². The summed E-state index contributed by atoms with van der Waals surface area (Å²) in [6.45, 7) is 8.35. The standard InChI is InChI=1S/C20H20N2/c1-13-8-9-17(20-10-14(2)15(3)12-21-20)11-18(13)19-7-5-6-16(4)22-19/h5-12H,1-4H3. The van der Waals surface area contributed by atoms with E-state index < -0.39 is 0 Å². The van der Waals surface area contributed by atoms with Gasteiger partial charge in [-0.25, -0.2) is 0 Å². The van der Waals surface area contributed by atoms with Crippen LogP contribution in [0.5, 0.6) is 0 Å². The van der Waals surface area contributed by atoms with Crippen molar-refractivity contribution in [3.8, 4) is 22.5 Å². The van der Waals surface area contributed by atoms with E-state index in [1.165, 1.54) is 22.3 Å². The maximum Gasteiger partial charge on any atom is 0.0708 e. The fourth-order valence-corrected chi connectivity index (χ4v) is 2.53. The third kappa shape index (κ3) is 2.77. The zero-order valence-electron chi connectivity index (χ0n) is 13.5. The van der Waals surface area contributed by atoms with E-state index in [-0.39, 0.29) is 0 Å². The van der Waals surface area contributed by atoms with Gasteiger partial charge in [-0.1, -0.05) is 18.2 Å². The number of hydrogen-bond donors (Lipinski definition) is 0. The summed E-state index contributed by atoms with van der Waals surface area (Å²) in [4.78, 5) is 9.22. The summed E-state index contributed by atoms with van der Waals surface area (Å²) in [7, 11) is 0. The molecule has 0 N–H and O–H groups in total. The maximum atomic E-state index is 4.65. The lowest BCUT2D eigenvalue weighted by molar-refractivity contribution is 1.19. The smallest absolute Gasteiger partial charge is 0.0708 e. The van der Waals surface area contributed by atoms with Crippen LogP contribution in [0.25, 0.3) is 22.5 Å². The van der Waals surface area contributed by atoms with Crippen LogP contribution >= 0.6 is 0 Å². The molecule has 2 nitrogen and oxygen atoms in total. The molecule has 0 atom stereocenters. The number of hydrogen-bond acceptors (Lipinski definition) is 2. The molecule has 22 heavy (non-hydrogen) atoms. The third-order valence-corrected chi connectivity index (χ3v) is 4.07. The SMILES string of the molecule is Cc1cccc(-c2cc(-c3cc(C)c(C)cn3)ccc2C)n1. The molecule has 3 aromatic rings. The second-order valence-corrected chi connectivity index (χ2v) is 5.85. The fourth-order valence-electron chi connectivity index (χ4n) is 2.53. The minimum atomic E-state index is 1.01. The molecule has 0 aliphatic heterocycles. The van der Waals surface area contributed by atoms with E-state index in [0.29, 0.717) is 0 Å². The Bertz CT molecular complexity index is 835. The molecule has 0 radical (unpaired) electrons. The monoisotopic (exact) mass is 288 g/mol. The number of pyridine rings is 2. The molecular weight excluding hydrogens is 268 g/mol. The highest BCUT2D eigenvalue weighted by Gasteiger charge is 2.08. The number of nitrogens with zero attached hydrogens (tertiary/aromatic N) is 2. The summed E-state index contributed by atoms with van der Waals surface area (Å²) in [5.74, 6) is 0. The number of rotatable bonds is 2. The largest absolute Gasteiger partial charge is 0.256 e. The Morgan fingerprint density at radius 1 is 0.727 bits per heavy atom. The van der Waals surface area contributed by atoms with Gasteiger partial charge >= 0.3 is 0 Å². The summed E-state index contributed by atoms with van der Waals surface area (Å²) in [5.41, 5.74) is 9.07. The van der Waals surface area contributed by atoms with Crippen LogP contribution in [0.3, 0.4) is 0 Å². The highest BCUT2D eigenvalue weighted by atomic mass is 14.7. The summed E-state index contributed by atoms with van der Waals surface area (Å²) in [5, 5.41) is 0. The van der Waals surface area contributed by atoms with Crippen molar-refractivity contribution in [3.63, 3.8) is 0 Å². The fraction of sp³-hybridized carbons (Fsp3) is 0.200. The first kappa shape index (κ1) is 14.5. The second kappa shape index (κ2) is 5.72. The number of aromatic nitrogens is 2. The predicted octanol–water partition coefficient (Wildman–Crippen LogP) is 5.04. The molecule has 3 rings (SSSR count). The average molecular weight is 288 g/mol. The van der Waals surface area contributed by atoms with Crippen molar-refractivity contribution in [1.82, 2.24) is 9.97 Å². The number of aryl methyl sites for hydroxylation is 4. The van der Waals surface area contributed by atoms with Crippen molar-refractivity contribution in [2.75, 3.05) is 0 Å². The number of benzene rings is 1. The highest BCUT2D eigenvalue weighted by Crippen LogP contribution is 2.28. The Labute approximate surface area is 131 Å². The first-order chi connectivity index (χ1) is 10.5. The van der Waals surface area contributed by atoms with Gasteiger partial charge in [0.05, 0.1) is 11.4 Å². The molecule has 2 heteroatoms. The Morgan fingerprint density at radius 2 is 1.55 bits per heavy atom. The van der Waals surface area contributed by atoms with Gasteiger partial charge in [-0.2, -0.15) is 0 Å². The Morgan fingerprint density at radius 3 is 2.27 bits per heavy atom. The van der Waals surface area contributed by atoms with Gasteiger partial charge < -0.3 is 0 Å². The lowest BCUT2D eigenvalue weighted by atomic mass is 9.99. The lowest BCUT2D eigenvalue weighted by Crippen LogP contribution is -1.92. The van der Waals surface area contributed by atoms with Crippen LogP contribution in [0, 0.1) is 27.7 Å². The van der Waals surface area contributed by atoms with Crippen molar-refractivity contribution in [2.45, 2.75) is 27.7 Å². The van der Waals surface area contributed by atoms with Gasteiger partial charge in [-0.05, 0) is 68.7 Å². The topological polar surface area (TPSA) is 25.8 Å². The van der Waals surface area contributed by atoms with Crippen LogP contribution in [-0.4, -0.2) is 9.97 Å². The predicted molar refractivity (Wildman–Crippen MR) is 91.9 cm³/mol. The van der Waals surface area contributed by atoms with E-state index in [4.69, 9.17) is 0 Å². The van der Waals surface area contributed by atoms with Crippen LogP contribution in [0.2, 0.25) is 0 Å². The molecule has 0 saturated carbocycles. The molecule has 2 aromatic heterocycles. The van der Waals surface area contributed by atoms with E-state index >= 15 is 0 Å². The van der Waals surface area contributed by atoms with Gasteiger partial charge in [0.2, 0.25) is 0 Å². The molecule has 0 fully saturated rings. The van der Waals surface area contributed by atoms with Crippen molar-refractivity contribution < 1.29 is 0 Å². The Balaban J connectivity index is 2.12. The van der Waals surface area contributed by atoms with E-state index in [1.807, 2.05) is 19.2 Å². The first-order valence-electron chi connectivity index (χ1n) is 7.53. The lowest BCUT2D eigenvalue weighted by Gasteiger charge is -2.10. The minimum absolute atomic E-state index is 1.01. The van der Waals surface area contributed by atoms with Gasteiger partial charge in [0.15, 0.2) is 0 Å². The molecular formula is C20H20N2. The first-order valence-corrected chi connectivity index (χ1v) is 7.53. The van der Waals surface area contributed by atoms with Gasteiger partial charge in [-0.3, -0.25) is 9.97 Å². The molecule has 0 spiro atoms. The van der Waals surface area contributed by atoms with Crippen molar-refractivity contribution >= 4 is 0 Å². The minimum Gasteiger partial charge on any atom is -0.256 e. The summed E-state index contributed by atoms with van der Waals surface area (Å²) < 4.78 is 0. The van der Waals surface area contributed by atoms with Gasteiger partial charge in [0.25, 0.3) is 0 Å². The van der Waals surface area contributed by atoms with Crippen LogP contribution in [0.4, 0.5) is 0 Å². The zero-order chi connectivity index (χ0) is 15.7. The molecule has 0 bridgehead atoms. The van der Waals surface area contributed by atoms with Gasteiger partial charge in [-0.15, -0.1) is 0 Å². The molecule has 110 valence electrons. The Hall–Kier alpha value is -2.48. The Kier molecular flexibility index (Phi) is 3.76. The van der Waals surface area contributed by atoms with Crippen LogP contribution in [0.1, 0.15) is 22.4 Å². The van der Waals surface area contributed by atoms with Crippen molar-refractivity contribution in [3.05, 3.63) is 71.0 Å². The molecule has 0 saturated heterocycles. The average Bonchev–Trinajstić information content (AvgIpc) is 2.50. The molecule has 0 aliphatic carbocycles. The summed E-state index contributed by atoms with van der Waals surface area (Å²) >= 11 is 0. The maximum absolute atomic E-state index is 4.65. The highest BCUT2D eigenvalue weighted by molar-refractivity contribution is 5.72. The van der Waals surface area contributed by atoms with Crippen molar-refractivity contribution in [2.24, 2.45) is 0 Å². The van der Waals surface area contributed by atoms with E-state index in [2.05, 4.69) is 67.1 Å². The van der Waals surface area contributed by atoms with Crippen LogP contribution in [-0.2, 0) is 0 Å². The van der Waals surface area contributed by atoms with E-state index in [1.54, 1.807) is 0 Å². The summed E-state index contributed by atoms with van der Waals surface area (Å²) in [6.07, 6.45) is 1.94. The molecule has 0 amide bonds. The second-order valence-electron chi connectivity index (χ2n) is 5.85. The normalized spacial score (nSPS) is 10.7. The van der Waals surface area contributed by atoms with E-state index in [9.17, 15) is 0 Å². The molecule has 0 unspecified atom stereocenters.